The van der Waals surface area contributed by atoms with Crippen LogP contribution in [-0.2, 0) is 24.8 Å². The first kappa shape index (κ1) is 16.3. The van der Waals surface area contributed by atoms with Gasteiger partial charge in [-0.3, -0.25) is 4.79 Å². The van der Waals surface area contributed by atoms with E-state index in [1.807, 2.05) is 67.6 Å². The van der Waals surface area contributed by atoms with E-state index in [-0.39, 0.29) is 11.9 Å². The lowest BCUT2D eigenvalue weighted by Gasteiger charge is -2.34. The predicted octanol–water partition coefficient (Wildman–Crippen LogP) is 3.50. The van der Waals surface area contributed by atoms with Crippen LogP contribution >= 0.6 is 0 Å². The molecule has 0 N–H and O–H groups in total. The fourth-order valence-corrected chi connectivity index (χ4v) is 3.66. The van der Waals surface area contributed by atoms with Crippen molar-refractivity contribution in [2.24, 2.45) is 11.3 Å². The predicted molar refractivity (Wildman–Crippen MR) is 92.7 cm³/mol. The lowest BCUT2D eigenvalue weighted by molar-refractivity contribution is -0.215. The summed E-state index contributed by atoms with van der Waals surface area (Å²) in [6.45, 7) is 3.00. The van der Waals surface area contributed by atoms with Gasteiger partial charge in [0.05, 0.1) is 25.2 Å². The highest BCUT2D eigenvalue weighted by Crippen LogP contribution is 2.57. The van der Waals surface area contributed by atoms with Crippen molar-refractivity contribution in [3.63, 3.8) is 0 Å². The van der Waals surface area contributed by atoms with Crippen LogP contribution in [0.15, 0.2) is 60.7 Å². The van der Waals surface area contributed by atoms with Gasteiger partial charge in [-0.15, -0.1) is 0 Å². The van der Waals surface area contributed by atoms with Crippen LogP contribution in [-0.4, -0.2) is 25.8 Å². The number of esters is 1. The normalized spacial score (nSPS) is 27.0. The molecule has 1 aliphatic heterocycles. The molecule has 0 radical (unpaired) electrons. The van der Waals surface area contributed by atoms with Gasteiger partial charge in [-0.25, -0.2) is 0 Å². The summed E-state index contributed by atoms with van der Waals surface area (Å²) in [4.78, 5) is 12.4. The Morgan fingerprint density at radius 1 is 1.04 bits per heavy atom. The first-order chi connectivity index (χ1) is 12.2. The lowest BCUT2D eigenvalue weighted by atomic mass is 9.97. The molecule has 1 aliphatic carbocycles. The second-order valence-electron chi connectivity index (χ2n) is 6.73. The third kappa shape index (κ3) is 2.66. The van der Waals surface area contributed by atoms with Crippen molar-refractivity contribution in [1.29, 1.82) is 0 Å². The molecule has 4 nitrogen and oxygen atoms in total. The maximum absolute atomic E-state index is 12.4. The molecule has 25 heavy (non-hydrogen) atoms. The molecular formula is C21H22O4. The Kier molecular flexibility index (Phi) is 4.10. The topological polar surface area (TPSA) is 44.8 Å². The second kappa shape index (κ2) is 6.28. The second-order valence-corrected chi connectivity index (χ2v) is 6.73. The zero-order valence-electron chi connectivity index (χ0n) is 14.3. The molecule has 2 aliphatic rings. The number of benzene rings is 2. The Labute approximate surface area is 147 Å². The summed E-state index contributed by atoms with van der Waals surface area (Å²) < 4.78 is 18.0. The summed E-state index contributed by atoms with van der Waals surface area (Å²) in [5.74, 6) is -1.00. The van der Waals surface area contributed by atoms with Gasteiger partial charge in [-0.05, 0) is 13.3 Å². The summed E-state index contributed by atoms with van der Waals surface area (Å²) in [5, 5.41) is 0. The molecule has 4 rings (SSSR count). The maximum atomic E-state index is 12.4. The number of carbonyl (C=O) groups is 1. The fraction of sp³-hybridized carbons (Fsp3) is 0.381. The third-order valence-corrected chi connectivity index (χ3v) is 5.24. The lowest BCUT2D eigenvalue weighted by Crippen LogP contribution is -2.36. The van der Waals surface area contributed by atoms with Gasteiger partial charge >= 0.3 is 5.97 Å². The van der Waals surface area contributed by atoms with Crippen molar-refractivity contribution in [1.82, 2.24) is 0 Å². The number of carbonyl (C=O) groups excluding carboxylic acids is 1. The standard InChI is InChI=1S/C21H22O4/c1-2-23-19(22)20-13-18(20)14-24-21(25-15-20,16-9-5-3-6-10-16)17-11-7-4-8-12-17/h3-12,18H,2,13-15H2,1H3/t18-,20-/m0/s1. The van der Waals surface area contributed by atoms with E-state index in [4.69, 9.17) is 14.2 Å². The molecule has 2 fully saturated rings. The highest BCUT2D eigenvalue weighted by Gasteiger charge is 2.64. The molecule has 2 atom stereocenters. The molecule has 1 saturated heterocycles. The molecule has 1 heterocycles. The number of hydrogen-bond donors (Lipinski definition) is 0. The Hall–Kier alpha value is -2.17. The van der Waals surface area contributed by atoms with Crippen LogP contribution in [0.5, 0.6) is 0 Å². The molecule has 130 valence electrons. The molecule has 0 spiro atoms. The molecular weight excluding hydrogens is 316 g/mol. The quantitative estimate of drug-likeness (QED) is 0.801. The van der Waals surface area contributed by atoms with Crippen molar-refractivity contribution in [2.45, 2.75) is 19.1 Å². The number of fused-ring (bicyclic) bond motifs is 1. The first-order valence-electron chi connectivity index (χ1n) is 8.77. The van der Waals surface area contributed by atoms with Gasteiger partial charge in [-0.1, -0.05) is 60.7 Å². The van der Waals surface area contributed by atoms with E-state index in [0.29, 0.717) is 19.8 Å². The van der Waals surface area contributed by atoms with Crippen LogP contribution in [0, 0.1) is 11.3 Å². The molecule has 2 aromatic carbocycles. The average molecular weight is 338 g/mol. The fourth-order valence-electron chi connectivity index (χ4n) is 3.66. The maximum Gasteiger partial charge on any atom is 0.314 e. The van der Waals surface area contributed by atoms with E-state index in [1.165, 1.54) is 0 Å². The van der Waals surface area contributed by atoms with Gasteiger partial charge in [-0.2, -0.15) is 0 Å². The summed E-state index contributed by atoms with van der Waals surface area (Å²) in [6.07, 6.45) is 0.769. The monoisotopic (exact) mass is 338 g/mol. The largest absolute Gasteiger partial charge is 0.465 e. The Morgan fingerprint density at radius 3 is 2.20 bits per heavy atom. The number of ether oxygens (including phenoxy) is 3. The molecule has 0 unspecified atom stereocenters. The zero-order chi connectivity index (χ0) is 17.3. The van der Waals surface area contributed by atoms with Gasteiger partial charge in [0.15, 0.2) is 0 Å². The van der Waals surface area contributed by atoms with Crippen molar-refractivity contribution in [3.8, 4) is 0 Å². The Morgan fingerprint density at radius 2 is 1.64 bits per heavy atom. The Bertz CT molecular complexity index is 704. The minimum absolute atomic E-state index is 0.154. The Balaban J connectivity index is 1.71. The number of rotatable bonds is 4. The summed E-state index contributed by atoms with van der Waals surface area (Å²) in [5.41, 5.74) is 1.31. The minimum Gasteiger partial charge on any atom is -0.465 e. The molecule has 4 heteroatoms. The summed E-state index contributed by atoms with van der Waals surface area (Å²) in [7, 11) is 0. The highest BCUT2D eigenvalue weighted by molar-refractivity contribution is 5.81. The van der Waals surface area contributed by atoms with E-state index < -0.39 is 11.2 Å². The van der Waals surface area contributed by atoms with Gasteiger partial charge in [0, 0.05) is 17.0 Å². The number of hydrogen-bond acceptors (Lipinski definition) is 4. The first-order valence-corrected chi connectivity index (χ1v) is 8.77. The summed E-state index contributed by atoms with van der Waals surface area (Å²) in [6, 6.07) is 19.8. The molecule has 0 bridgehead atoms. The van der Waals surface area contributed by atoms with Crippen LogP contribution < -0.4 is 0 Å². The van der Waals surface area contributed by atoms with Crippen LogP contribution in [0.25, 0.3) is 0 Å². The van der Waals surface area contributed by atoms with E-state index in [1.54, 1.807) is 0 Å². The van der Waals surface area contributed by atoms with Gasteiger partial charge < -0.3 is 14.2 Å². The highest BCUT2D eigenvalue weighted by atomic mass is 16.7. The van der Waals surface area contributed by atoms with E-state index in [2.05, 4.69) is 0 Å². The van der Waals surface area contributed by atoms with Gasteiger partial charge in [0.25, 0.3) is 0 Å². The third-order valence-electron chi connectivity index (χ3n) is 5.24. The van der Waals surface area contributed by atoms with Crippen molar-refractivity contribution >= 4 is 5.97 Å². The van der Waals surface area contributed by atoms with E-state index in [9.17, 15) is 4.79 Å². The van der Waals surface area contributed by atoms with E-state index in [0.717, 1.165) is 17.5 Å². The van der Waals surface area contributed by atoms with Crippen LogP contribution in [0.1, 0.15) is 24.5 Å². The van der Waals surface area contributed by atoms with Crippen LogP contribution in [0.3, 0.4) is 0 Å². The molecule has 0 aromatic heterocycles. The molecule has 1 saturated carbocycles. The van der Waals surface area contributed by atoms with Crippen LogP contribution in [0.4, 0.5) is 0 Å². The smallest absolute Gasteiger partial charge is 0.314 e. The van der Waals surface area contributed by atoms with Crippen molar-refractivity contribution in [2.75, 3.05) is 19.8 Å². The molecule has 0 amide bonds. The van der Waals surface area contributed by atoms with E-state index >= 15 is 0 Å². The summed E-state index contributed by atoms with van der Waals surface area (Å²) >= 11 is 0. The molecule has 2 aromatic rings. The minimum atomic E-state index is -0.991. The van der Waals surface area contributed by atoms with Gasteiger partial charge in [0.1, 0.15) is 0 Å². The van der Waals surface area contributed by atoms with Gasteiger partial charge in [0.2, 0.25) is 5.79 Å². The van der Waals surface area contributed by atoms with Crippen molar-refractivity contribution in [3.05, 3.63) is 71.8 Å². The SMILES string of the molecule is CCOC(=O)[C@@]12COC(c3ccccc3)(c3ccccc3)OC[C@@H]1C2. The average Bonchev–Trinajstić information content (AvgIpc) is 3.40. The van der Waals surface area contributed by atoms with Crippen molar-refractivity contribution < 1.29 is 19.0 Å². The zero-order valence-corrected chi connectivity index (χ0v) is 14.3. The van der Waals surface area contributed by atoms with Crippen LogP contribution in [0.2, 0.25) is 0 Å².